The second-order valence-corrected chi connectivity index (χ2v) is 19.2. The highest BCUT2D eigenvalue weighted by atomic mass is 79.9. The maximum absolute atomic E-state index is 14.8. The number of halogens is 13. The molecule has 1 spiro atoms. The van der Waals surface area contributed by atoms with Crippen molar-refractivity contribution in [2.24, 2.45) is 0 Å². The molecule has 2 aliphatic rings. The number of hydrogen-bond acceptors (Lipinski definition) is 0. The summed E-state index contributed by atoms with van der Waals surface area (Å²) in [6.45, 7) is 0.246. The van der Waals surface area contributed by atoms with Gasteiger partial charge in [0, 0.05) is 33.4 Å². The number of nitrogens with zero attached hydrogens (tertiary/aromatic N) is 1. The Bertz CT molecular complexity index is 3620. The van der Waals surface area contributed by atoms with E-state index >= 15 is 0 Å². The highest BCUT2D eigenvalue weighted by molar-refractivity contribution is 6.12. The molecule has 372 valence electrons. The van der Waals surface area contributed by atoms with Crippen molar-refractivity contribution in [1.82, 2.24) is 0 Å². The van der Waals surface area contributed by atoms with Crippen LogP contribution in [-0.2, 0) is 50.9 Å². The number of quaternary nitrogens is 1. The standard InChI is InChI=1S/C60H36F12N.BrH/c61-57(62,63)41-21-39(22-42(27-41)58(64,65)66)49-25-35-11-3-7-15-47(35)55-51(49)31-73(29-37-19-17-33-9-1-5-13-45(33)53(37)54-38(30-73)20-18-34-10-2-6-14-46(34)54)32-52-50(26-36-12-4-8-16-48(36)56(52)55)40-23-43(59(67,68)69)28-44(24-40)60(70,71)72;/h1-28H,29-32H2;1H/q+1;/p-1. The van der Waals surface area contributed by atoms with Crippen molar-refractivity contribution in [3.8, 4) is 44.5 Å². The van der Waals surface area contributed by atoms with Crippen molar-refractivity contribution in [2.75, 3.05) is 0 Å². The van der Waals surface area contributed by atoms with Crippen LogP contribution in [0.3, 0.4) is 0 Å². The quantitative estimate of drug-likeness (QED) is 0.120. The normalized spacial score (nSPS) is 14.5. The van der Waals surface area contributed by atoms with E-state index in [0.29, 0.717) is 68.1 Å². The Kier molecular flexibility index (Phi) is 11.4. The lowest BCUT2D eigenvalue weighted by molar-refractivity contribution is -0.977. The van der Waals surface area contributed by atoms with Crippen molar-refractivity contribution in [3.63, 3.8) is 0 Å². The maximum Gasteiger partial charge on any atom is 0.416 e. The largest absolute Gasteiger partial charge is 1.00 e. The molecule has 0 aromatic heterocycles. The molecule has 74 heavy (non-hydrogen) atoms. The van der Waals surface area contributed by atoms with Gasteiger partial charge in [-0.2, -0.15) is 52.7 Å². The average Bonchev–Trinajstić information content (AvgIpc) is 3.59. The SMILES string of the molecule is FC(F)(F)c1cc(-c2cc3ccccc3c3c2C[N+]2(Cc4ccc5ccccc5c4-c4c(ccc5ccccc45)C2)Cc2c(-c4cc(C(F)(F)F)cc(C(F)(F)F)c4)cc4ccccc4c2-3)cc(C(F)(F)F)c1.[Br-]. The third kappa shape index (κ3) is 8.26. The van der Waals surface area contributed by atoms with Crippen LogP contribution in [0.15, 0.2) is 170 Å². The van der Waals surface area contributed by atoms with Gasteiger partial charge in [0.2, 0.25) is 0 Å². The Morgan fingerprint density at radius 1 is 0.297 bits per heavy atom. The van der Waals surface area contributed by atoms with Gasteiger partial charge < -0.3 is 21.5 Å². The molecular formula is C60H36BrF12N. The van der Waals surface area contributed by atoms with E-state index in [9.17, 15) is 52.7 Å². The van der Waals surface area contributed by atoms with Crippen LogP contribution < -0.4 is 17.0 Å². The summed E-state index contributed by atoms with van der Waals surface area (Å²) < 4.78 is 178. The molecule has 10 aromatic rings. The van der Waals surface area contributed by atoms with Crippen LogP contribution in [0.25, 0.3) is 87.6 Å². The van der Waals surface area contributed by atoms with Crippen molar-refractivity contribution < 1.29 is 74.1 Å². The molecule has 14 heteroatoms. The molecule has 0 atom stereocenters. The van der Waals surface area contributed by atoms with Crippen molar-refractivity contribution in [3.05, 3.63) is 214 Å². The van der Waals surface area contributed by atoms with Gasteiger partial charge in [0.05, 0.1) is 22.3 Å². The molecular weight excluding hydrogens is 1040 g/mol. The van der Waals surface area contributed by atoms with Gasteiger partial charge in [-0.25, -0.2) is 0 Å². The molecule has 12 rings (SSSR count). The zero-order chi connectivity index (χ0) is 51.0. The van der Waals surface area contributed by atoms with E-state index in [2.05, 4.69) is 0 Å². The first kappa shape index (κ1) is 49.1. The third-order valence-electron chi connectivity index (χ3n) is 14.6. The molecule has 0 radical (unpaired) electrons. The van der Waals surface area contributed by atoms with Gasteiger partial charge in [-0.3, -0.25) is 0 Å². The summed E-state index contributed by atoms with van der Waals surface area (Å²) in [4.78, 5) is 0. The number of alkyl halides is 12. The van der Waals surface area contributed by atoms with Crippen molar-refractivity contribution >= 4 is 43.1 Å². The fourth-order valence-corrected chi connectivity index (χ4v) is 11.6. The first-order valence-electron chi connectivity index (χ1n) is 23.2. The molecule has 0 aliphatic carbocycles. The van der Waals surface area contributed by atoms with E-state index in [-0.39, 0.29) is 82.0 Å². The van der Waals surface area contributed by atoms with Crippen molar-refractivity contribution in [2.45, 2.75) is 50.9 Å². The summed E-state index contributed by atoms with van der Waals surface area (Å²) in [5, 5.41) is 5.60. The van der Waals surface area contributed by atoms with E-state index in [0.717, 1.165) is 43.8 Å². The number of hydrogen-bond donors (Lipinski definition) is 0. The molecule has 0 saturated heterocycles. The topological polar surface area (TPSA) is 0 Å². The van der Waals surface area contributed by atoms with E-state index in [1.165, 1.54) is 0 Å². The summed E-state index contributed by atoms with van der Waals surface area (Å²) >= 11 is 0. The molecule has 2 aliphatic heterocycles. The van der Waals surface area contributed by atoms with Gasteiger partial charge in [0.15, 0.2) is 0 Å². The minimum atomic E-state index is -5.20. The molecule has 0 saturated carbocycles. The predicted octanol–water partition coefficient (Wildman–Crippen LogP) is 15.6. The highest BCUT2D eigenvalue weighted by Crippen LogP contribution is 2.54. The number of benzene rings is 10. The fourth-order valence-electron chi connectivity index (χ4n) is 11.6. The molecule has 0 unspecified atom stereocenters. The van der Waals surface area contributed by atoms with E-state index in [1.54, 1.807) is 60.7 Å². The molecule has 10 aromatic carbocycles. The second kappa shape index (κ2) is 17.2. The molecule has 1 nitrogen and oxygen atoms in total. The highest BCUT2D eigenvalue weighted by Gasteiger charge is 2.44. The zero-order valence-corrected chi connectivity index (χ0v) is 39.9. The van der Waals surface area contributed by atoms with E-state index in [1.807, 2.05) is 72.8 Å². The van der Waals surface area contributed by atoms with Crippen LogP contribution in [0.1, 0.15) is 44.5 Å². The van der Waals surface area contributed by atoms with E-state index < -0.39 is 47.0 Å². The lowest BCUT2D eigenvalue weighted by atomic mass is 9.81. The van der Waals surface area contributed by atoms with Crippen LogP contribution in [0.4, 0.5) is 52.7 Å². The van der Waals surface area contributed by atoms with Gasteiger partial charge in [0.25, 0.3) is 0 Å². The van der Waals surface area contributed by atoms with Crippen LogP contribution in [0.5, 0.6) is 0 Å². The van der Waals surface area contributed by atoms with Crippen LogP contribution in [0, 0.1) is 0 Å². The van der Waals surface area contributed by atoms with Crippen LogP contribution in [0.2, 0.25) is 0 Å². The second-order valence-electron chi connectivity index (χ2n) is 19.2. The Labute approximate surface area is 425 Å². The van der Waals surface area contributed by atoms with Crippen LogP contribution in [-0.4, -0.2) is 4.48 Å². The van der Waals surface area contributed by atoms with Gasteiger partial charge in [-0.05, 0) is 125 Å². The van der Waals surface area contributed by atoms with Gasteiger partial charge >= 0.3 is 24.7 Å². The molecule has 0 amide bonds. The molecule has 0 N–H and O–H groups in total. The molecule has 2 heterocycles. The average molecular weight is 1080 g/mol. The minimum absolute atomic E-state index is 0. The summed E-state index contributed by atoms with van der Waals surface area (Å²) in [5.41, 5.74) is -1.72. The Balaban J connectivity index is 0.00000588. The summed E-state index contributed by atoms with van der Waals surface area (Å²) in [6.07, 6.45) is -20.8. The van der Waals surface area contributed by atoms with Gasteiger partial charge in [0.1, 0.15) is 26.2 Å². The first-order valence-corrected chi connectivity index (χ1v) is 23.2. The summed E-state index contributed by atoms with van der Waals surface area (Å²) in [7, 11) is 0. The number of fused-ring (bicyclic) bond motifs is 14. The zero-order valence-electron chi connectivity index (χ0n) is 38.4. The predicted molar refractivity (Wildman–Crippen MR) is 260 cm³/mol. The monoisotopic (exact) mass is 1080 g/mol. The Morgan fingerprint density at radius 3 is 0.919 bits per heavy atom. The van der Waals surface area contributed by atoms with Gasteiger partial charge in [-0.15, -0.1) is 0 Å². The third-order valence-corrected chi connectivity index (χ3v) is 14.6. The number of rotatable bonds is 2. The molecule has 0 bridgehead atoms. The smallest absolute Gasteiger partial charge is 0.416 e. The summed E-state index contributed by atoms with van der Waals surface area (Å²) in [5.74, 6) is 0. The lowest BCUT2D eigenvalue weighted by Crippen LogP contribution is -3.00. The van der Waals surface area contributed by atoms with E-state index in [4.69, 9.17) is 0 Å². The lowest BCUT2D eigenvalue weighted by Gasteiger charge is -2.39. The first-order chi connectivity index (χ1) is 34.6. The van der Waals surface area contributed by atoms with Gasteiger partial charge in [-0.1, -0.05) is 121 Å². The maximum atomic E-state index is 14.8. The van der Waals surface area contributed by atoms with Crippen LogP contribution >= 0.6 is 0 Å². The molecule has 0 fully saturated rings. The summed E-state index contributed by atoms with van der Waals surface area (Å²) in [6, 6.07) is 43.4. The van der Waals surface area contributed by atoms with Crippen molar-refractivity contribution in [1.29, 1.82) is 0 Å². The Morgan fingerprint density at radius 2 is 0.595 bits per heavy atom. The minimum Gasteiger partial charge on any atom is -1.00 e. The Hall–Kier alpha value is -7.16. The fraction of sp³-hybridized carbons (Fsp3) is 0.133.